The number of carboxylic acid groups (broad SMARTS) is 1. The predicted octanol–water partition coefficient (Wildman–Crippen LogP) is 3.95. The molecule has 4 N–H and O–H groups in total. The van der Waals surface area contributed by atoms with E-state index in [4.69, 9.17) is 0 Å². The number of hydrogen-bond donors (Lipinski definition) is 4. The van der Waals surface area contributed by atoms with Crippen LogP contribution >= 0.6 is 0 Å². The minimum atomic E-state index is -4.94. The summed E-state index contributed by atoms with van der Waals surface area (Å²) >= 11 is 0. The maximum atomic E-state index is 14.4. The molecule has 1 aliphatic rings. The van der Waals surface area contributed by atoms with Crippen molar-refractivity contribution in [2.75, 3.05) is 18.4 Å². The molecule has 0 spiro atoms. The lowest BCUT2D eigenvalue weighted by Gasteiger charge is -2.31. The van der Waals surface area contributed by atoms with Crippen molar-refractivity contribution in [3.05, 3.63) is 93.5 Å². The van der Waals surface area contributed by atoms with E-state index in [1.807, 2.05) is 0 Å². The van der Waals surface area contributed by atoms with Crippen molar-refractivity contribution < 1.29 is 31.5 Å². The number of anilines is 1. The number of nitrogens with zero attached hydrogens (tertiary/aromatic N) is 4. The van der Waals surface area contributed by atoms with Crippen LogP contribution in [0.1, 0.15) is 18.4 Å². The van der Waals surface area contributed by atoms with Gasteiger partial charge in [0.05, 0.1) is 21.7 Å². The van der Waals surface area contributed by atoms with E-state index >= 15 is 0 Å². The number of carbonyl (C=O) groups is 1. The van der Waals surface area contributed by atoms with E-state index in [1.54, 1.807) is 6.07 Å². The molecule has 6 rings (SSSR count). The molecule has 17 heteroatoms. The van der Waals surface area contributed by atoms with Crippen molar-refractivity contribution in [3.8, 4) is 22.4 Å². The van der Waals surface area contributed by atoms with Crippen LogP contribution < -0.4 is 16.6 Å². The average molecular weight is 656 g/mol. The normalized spacial score (nSPS) is 15.6. The van der Waals surface area contributed by atoms with Gasteiger partial charge in [-0.25, -0.2) is 31.9 Å². The third-order valence-electron chi connectivity index (χ3n) is 7.58. The molecular weight excluding hydrogens is 631 g/mol. The highest BCUT2D eigenvalue weighted by Crippen LogP contribution is 2.41. The fourth-order valence-electron chi connectivity index (χ4n) is 5.40. The largest absolute Gasteiger partial charge is 0.465 e. The van der Waals surface area contributed by atoms with Crippen LogP contribution in [0.15, 0.2) is 81.6 Å². The molecule has 0 unspecified atom stereocenters. The lowest BCUT2D eigenvalue weighted by Crippen LogP contribution is -2.44. The Morgan fingerprint density at radius 1 is 1.09 bits per heavy atom. The van der Waals surface area contributed by atoms with Gasteiger partial charge in [-0.15, -0.1) is 0 Å². The second-order valence-corrected chi connectivity index (χ2v) is 12.4. The van der Waals surface area contributed by atoms with Crippen molar-refractivity contribution in [2.24, 2.45) is 0 Å². The fourth-order valence-corrected chi connectivity index (χ4v) is 6.78. The molecule has 1 fully saturated rings. The minimum absolute atomic E-state index is 0.0136. The number of piperidine rings is 1. The summed E-state index contributed by atoms with van der Waals surface area (Å²) in [5.74, 6) is -0.205. The molecule has 0 saturated carbocycles. The molecule has 4 heterocycles. The van der Waals surface area contributed by atoms with Crippen LogP contribution in [0, 0.1) is 0 Å². The van der Waals surface area contributed by atoms with Crippen LogP contribution in [0.25, 0.3) is 33.3 Å². The maximum absolute atomic E-state index is 14.4. The Morgan fingerprint density at radius 3 is 2.54 bits per heavy atom. The Hall–Kier alpha value is -5.45. The van der Waals surface area contributed by atoms with Gasteiger partial charge in [-0.2, -0.15) is 13.2 Å². The Labute approximate surface area is 257 Å². The van der Waals surface area contributed by atoms with Gasteiger partial charge in [0, 0.05) is 48.7 Å². The van der Waals surface area contributed by atoms with Crippen molar-refractivity contribution in [1.29, 1.82) is 0 Å². The molecule has 3 aromatic heterocycles. The second-order valence-electron chi connectivity index (χ2n) is 10.5. The first-order chi connectivity index (χ1) is 21.8. The summed E-state index contributed by atoms with van der Waals surface area (Å²) in [6, 6.07) is 10.9. The quantitative estimate of drug-likeness (QED) is 0.210. The third kappa shape index (κ3) is 5.71. The first kappa shape index (κ1) is 30.6. The molecule has 5 aromatic rings. The van der Waals surface area contributed by atoms with Crippen molar-refractivity contribution >= 4 is 33.0 Å². The number of aromatic nitrogens is 5. The predicted molar refractivity (Wildman–Crippen MR) is 160 cm³/mol. The van der Waals surface area contributed by atoms with Gasteiger partial charge >= 0.3 is 18.0 Å². The zero-order valence-electron chi connectivity index (χ0n) is 23.6. The van der Waals surface area contributed by atoms with E-state index in [9.17, 15) is 41.1 Å². The third-order valence-corrected chi connectivity index (χ3v) is 9.26. The SMILES string of the molecule is O=C(O)N1CCC[C@H](Nc2ncc(C(F)(F)F)c(-c3cn(S(=O)(=O)c4ccccc4)c4cc(-c5c[nH]c(=O)[nH]c5=O)ccc34)n2)C1. The molecule has 0 bridgehead atoms. The number of aromatic amines is 2. The number of H-pyrrole nitrogens is 2. The van der Waals surface area contributed by atoms with Crippen molar-refractivity contribution in [3.63, 3.8) is 0 Å². The molecule has 2 aromatic carbocycles. The van der Waals surface area contributed by atoms with Gasteiger partial charge in [-0.05, 0) is 36.6 Å². The summed E-state index contributed by atoms with van der Waals surface area (Å²) in [4.78, 5) is 49.1. The summed E-state index contributed by atoms with van der Waals surface area (Å²) < 4.78 is 71.7. The molecule has 0 aliphatic carbocycles. The fraction of sp³-hybridized carbons (Fsp3) is 0.207. The van der Waals surface area contributed by atoms with Gasteiger partial charge in [-0.3, -0.25) is 9.78 Å². The van der Waals surface area contributed by atoms with E-state index < -0.39 is 50.8 Å². The van der Waals surface area contributed by atoms with E-state index in [1.165, 1.54) is 47.4 Å². The molecule has 0 radical (unpaired) electrons. The molecule has 46 heavy (non-hydrogen) atoms. The number of alkyl halides is 3. The van der Waals surface area contributed by atoms with Gasteiger partial charge < -0.3 is 20.3 Å². The number of rotatable bonds is 6. The first-order valence-corrected chi connectivity index (χ1v) is 15.2. The smallest absolute Gasteiger partial charge is 0.419 e. The molecule has 1 atom stereocenters. The summed E-state index contributed by atoms with van der Waals surface area (Å²) in [7, 11) is -4.39. The van der Waals surface area contributed by atoms with Crippen LogP contribution in [0.4, 0.5) is 23.9 Å². The number of fused-ring (bicyclic) bond motifs is 1. The Bertz CT molecular complexity index is 2200. The average Bonchev–Trinajstić information content (AvgIpc) is 3.41. The molecule has 1 amide bonds. The van der Waals surface area contributed by atoms with Crippen LogP contribution in [0.5, 0.6) is 0 Å². The standard InChI is InChI=1S/C29H24F3N7O6S/c30-29(31,32)22-13-33-26(35-17-5-4-10-38(14-17)28(42)43)36-24(22)21-15-39(46(44,45)18-6-2-1-3-7-18)23-11-16(8-9-19(21)23)20-12-34-27(41)37-25(20)40/h1-3,6-9,11-13,15,17H,4-5,10,14H2,(H,42,43)(H,33,35,36)(H2,34,37,40,41)/t17-/m0/s1. The molecular formula is C29H24F3N7O6S. The Morgan fingerprint density at radius 2 is 1.85 bits per heavy atom. The molecule has 238 valence electrons. The number of amides is 1. The number of hydrogen-bond acceptors (Lipinski definition) is 8. The highest BCUT2D eigenvalue weighted by molar-refractivity contribution is 7.90. The summed E-state index contributed by atoms with van der Waals surface area (Å²) in [5.41, 5.74) is -3.45. The van der Waals surface area contributed by atoms with Crippen LogP contribution in [-0.4, -0.2) is 67.6 Å². The van der Waals surface area contributed by atoms with Crippen LogP contribution in [-0.2, 0) is 16.2 Å². The first-order valence-electron chi connectivity index (χ1n) is 13.8. The monoisotopic (exact) mass is 655 g/mol. The van der Waals surface area contributed by atoms with E-state index in [0.29, 0.717) is 25.6 Å². The van der Waals surface area contributed by atoms with Gasteiger partial charge in [0.15, 0.2) is 0 Å². The highest BCUT2D eigenvalue weighted by atomic mass is 32.2. The number of halogens is 3. The van der Waals surface area contributed by atoms with E-state index in [-0.39, 0.29) is 45.0 Å². The molecule has 13 nitrogen and oxygen atoms in total. The zero-order valence-corrected chi connectivity index (χ0v) is 24.4. The number of nitrogens with one attached hydrogen (secondary N) is 3. The highest BCUT2D eigenvalue weighted by Gasteiger charge is 2.37. The van der Waals surface area contributed by atoms with E-state index in [2.05, 4.69) is 25.3 Å². The molecule has 1 saturated heterocycles. The summed E-state index contributed by atoms with van der Waals surface area (Å²) in [6.45, 7) is 0.380. The zero-order chi connectivity index (χ0) is 32.8. The van der Waals surface area contributed by atoms with E-state index in [0.717, 1.165) is 16.4 Å². The molecule has 1 aliphatic heterocycles. The minimum Gasteiger partial charge on any atom is -0.465 e. The van der Waals surface area contributed by atoms with Gasteiger partial charge in [0.25, 0.3) is 15.6 Å². The van der Waals surface area contributed by atoms with Crippen LogP contribution in [0.2, 0.25) is 0 Å². The topological polar surface area (TPSA) is 183 Å². The van der Waals surface area contributed by atoms with Crippen molar-refractivity contribution in [2.45, 2.75) is 30.0 Å². The second kappa shape index (κ2) is 11.5. The lowest BCUT2D eigenvalue weighted by molar-refractivity contribution is -0.137. The van der Waals surface area contributed by atoms with Crippen LogP contribution in [0.3, 0.4) is 0 Å². The summed E-state index contributed by atoms with van der Waals surface area (Å²) in [5, 5.41) is 12.4. The van der Waals surface area contributed by atoms with Gasteiger partial charge in [0.1, 0.15) is 5.56 Å². The summed E-state index contributed by atoms with van der Waals surface area (Å²) in [6.07, 6.45) is -2.27. The van der Waals surface area contributed by atoms with Crippen molar-refractivity contribution in [1.82, 2.24) is 28.8 Å². The van der Waals surface area contributed by atoms with Gasteiger partial charge in [-0.1, -0.05) is 30.3 Å². The number of benzene rings is 2. The van der Waals surface area contributed by atoms with Gasteiger partial charge in [0.2, 0.25) is 5.95 Å². The maximum Gasteiger partial charge on any atom is 0.419 e. The Balaban J connectivity index is 1.56. The Kier molecular flexibility index (Phi) is 7.63. The number of likely N-dealkylation sites (tertiary alicyclic amines) is 1. The lowest BCUT2D eigenvalue weighted by atomic mass is 10.0.